The number of hydrogen-bond donors (Lipinski definition) is 1. The molecule has 0 aliphatic heterocycles. The molecule has 0 saturated heterocycles. The van der Waals surface area contributed by atoms with E-state index in [1.165, 1.54) is 25.1 Å². The van der Waals surface area contributed by atoms with Crippen LogP contribution in [0.5, 0.6) is 0 Å². The van der Waals surface area contributed by atoms with Gasteiger partial charge >= 0.3 is 17.9 Å². The van der Waals surface area contributed by atoms with Crippen molar-refractivity contribution in [1.82, 2.24) is 0 Å². The van der Waals surface area contributed by atoms with Crippen LogP contribution in [0.4, 0.5) is 0 Å². The van der Waals surface area contributed by atoms with Gasteiger partial charge < -0.3 is 9.84 Å². The minimum atomic E-state index is -1.12. The van der Waals surface area contributed by atoms with Gasteiger partial charge in [0.05, 0.1) is 11.1 Å². The SMILES string of the molecule is CCCCC(=O)OC(=O)c1cccc(C(=O)O)c1C. The second-order valence-electron chi connectivity index (χ2n) is 4.15. The lowest BCUT2D eigenvalue weighted by Gasteiger charge is -2.07. The van der Waals surface area contributed by atoms with E-state index in [2.05, 4.69) is 4.74 Å². The summed E-state index contributed by atoms with van der Waals surface area (Å²) in [6.45, 7) is 3.44. The second-order valence-corrected chi connectivity index (χ2v) is 4.15. The number of carbonyl (C=O) groups excluding carboxylic acids is 2. The molecule has 0 aliphatic carbocycles. The zero-order valence-corrected chi connectivity index (χ0v) is 10.9. The molecule has 0 heterocycles. The van der Waals surface area contributed by atoms with Crippen LogP contribution in [-0.2, 0) is 9.53 Å². The molecule has 0 amide bonds. The molecular formula is C14H16O5. The van der Waals surface area contributed by atoms with Gasteiger partial charge in [0.1, 0.15) is 0 Å². The van der Waals surface area contributed by atoms with Gasteiger partial charge in [0.2, 0.25) is 0 Å². The molecule has 0 spiro atoms. The van der Waals surface area contributed by atoms with E-state index in [9.17, 15) is 14.4 Å². The summed E-state index contributed by atoms with van der Waals surface area (Å²) < 4.78 is 4.68. The summed E-state index contributed by atoms with van der Waals surface area (Å²) >= 11 is 0. The fourth-order valence-electron chi connectivity index (χ4n) is 1.62. The highest BCUT2D eigenvalue weighted by atomic mass is 16.6. The van der Waals surface area contributed by atoms with Crippen molar-refractivity contribution < 1.29 is 24.2 Å². The molecule has 5 nitrogen and oxygen atoms in total. The molecule has 0 radical (unpaired) electrons. The van der Waals surface area contributed by atoms with Crippen molar-refractivity contribution in [1.29, 1.82) is 0 Å². The van der Waals surface area contributed by atoms with Crippen LogP contribution in [0.1, 0.15) is 52.5 Å². The van der Waals surface area contributed by atoms with Crippen molar-refractivity contribution >= 4 is 17.9 Å². The third kappa shape index (κ3) is 3.91. The van der Waals surface area contributed by atoms with Gasteiger partial charge in [0.15, 0.2) is 0 Å². The van der Waals surface area contributed by atoms with Gasteiger partial charge in [0, 0.05) is 6.42 Å². The Balaban J connectivity index is 2.86. The van der Waals surface area contributed by atoms with E-state index in [0.29, 0.717) is 12.0 Å². The van der Waals surface area contributed by atoms with Crippen molar-refractivity contribution in [2.75, 3.05) is 0 Å². The summed E-state index contributed by atoms with van der Waals surface area (Å²) in [5.41, 5.74) is 0.420. The lowest BCUT2D eigenvalue weighted by molar-refractivity contribution is -0.138. The molecule has 0 fully saturated rings. The van der Waals surface area contributed by atoms with Gasteiger partial charge in [-0.05, 0) is 31.0 Å². The Kier molecular flexibility index (Phi) is 5.23. The van der Waals surface area contributed by atoms with Crippen LogP contribution in [0.2, 0.25) is 0 Å². The number of benzene rings is 1. The monoisotopic (exact) mass is 264 g/mol. The molecule has 1 aromatic rings. The maximum atomic E-state index is 11.8. The highest BCUT2D eigenvalue weighted by molar-refractivity contribution is 6.00. The molecule has 0 bridgehead atoms. The zero-order chi connectivity index (χ0) is 14.4. The lowest BCUT2D eigenvalue weighted by Crippen LogP contribution is -2.15. The van der Waals surface area contributed by atoms with E-state index in [4.69, 9.17) is 5.11 Å². The molecule has 0 saturated carbocycles. The fraction of sp³-hybridized carbons (Fsp3) is 0.357. The van der Waals surface area contributed by atoms with Gasteiger partial charge in [-0.25, -0.2) is 9.59 Å². The smallest absolute Gasteiger partial charge is 0.346 e. The molecule has 19 heavy (non-hydrogen) atoms. The summed E-state index contributed by atoms with van der Waals surface area (Å²) in [5.74, 6) is -2.52. The first-order valence-corrected chi connectivity index (χ1v) is 6.05. The minimum Gasteiger partial charge on any atom is -0.478 e. The molecule has 102 valence electrons. The van der Waals surface area contributed by atoms with Crippen LogP contribution in [0.25, 0.3) is 0 Å². The normalized spacial score (nSPS) is 10.0. The Morgan fingerprint density at radius 1 is 1.21 bits per heavy atom. The van der Waals surface area contributed by atoms with Crippen molar-refractivity contribution in [3.8, 4) is 0 Å². The maximum absolute atomic E-state index is 11.8. The topological polar surface area (TPSA) is 80.7 Å². The highest BCUT2D eigenvalue weighted by Crippen LogP contribution is 2.15. The molecule has 0 unspecified atom stereocenters. The van der Waals surface area contributed by atoms with Gasteiger partial charge in [-0.1, -0.05) is 19.4 Å². The molecule has 0 atom stereocenters. The Labute approximate surface area is 111 Å². The van der Waals surface area contributed by atoms with Gasteiger partial charge in [-0.15, -0.1) is 0 Å². The first-order valence-electron chi connectivity index (χ1n) is 6.05. The molecule has 1 N–H and O–H groups in total. The van der Waals surface area contributed by atoms with Gasteiger partial charge in [0.25, 0.3) is 0 Å². The summed E-state index contributed by atoms with van der Waals surface area (Å²) in [6, 6.07) is 4.29. The third-order valence-corrected chi connectivity index (χ3v) is 2.73. The number of ether oxygens (including phenoxy) is 1. The predicted molar refractivity (Wildman–Crippen MR) is 68.1 cm³/mol. The van der Waals surface area contributed by atoms with Crippen LogP contribution >= 0.6 is 0 Å². The van der Waals surface area contributed by atoms with Crippen LogP contribution in [0.15, 0.2) is 18.2 Å². The molecular weight excluding hydrogens is 248 g/mol. The number of rotatable bonds is 5. The molecule has 0 aliphatic rings. The number of hydrogen-bond acceptors (Lipinski definition) is 4. The molecule has 1 rings (SSSR count). The maximum Gasteiger partial charge on any atom is 0.346 e. The fourth-order valence-corrected chi connectivity index (χ4v) is 1.62. The molecule has 1 aromatic carbocycles. The number of esters is 2. The number of unbranched alkanes of at least 4 members (excludes halogenated alkanes) is 1. The van der Waals surface area contributed by atoms with Crippen LogP contribution in [-0.4, -0.2) is 23.0 Å². The van der Waals surface area contributed by atoms with Crippen LogP contribution in [0.3, 0.4) is 0 Å². The number of carbonyl (C=O) groups is 3. The first-order chi connectivity index (χ1) is 8.97. The summed E-state index contributed by atoms with van der Waals surface area (Å²) in [7, 11) is 0. The molecule has 0 aromatic heterocycles. The van der Waals surface area contributed by atoms with E-state index < -0.39 is 17.9 Å². The van der Waals surface area contributed by atoms with Gasteiger partial charge in [-0.2, -0.15) is 0 Å². The average Bonchev–Trinajstić information content (AvgIpc) is 2.36. The summed E-state index contributed by atoms with van der Waals surface area (Å²) in [4.78, 5) is 34.1. The average molecular weight is 264 g/mol. The molecule has 5 heteroatoms. The predicted octanol–water partition coefficient (Wildman–Crippen LogP) is 2.57. The number of aromatic carboxylic acids is 1. The van der Waals surface area contributed by atoms with Crippen molar-refractivity contribution in [2.24, 2.45) is 0 Å². The zero-order valence-electron chi connectivity index (χ0n) is 10.9. The minimum absolute atomic E-state index is 0.0236. The Morgan fingerprint density at radius 2 is 1.84 bits per heavy atom. The van der Waals surface area contributed by atoms with Crippen LogP contribution < -0.4 is 0 Å². The quantitative estimate of drug-likeness (QED) is 0.653. The van der Waals surface area contributed by atoms with E-state index in [0.717, 1.165) is 6.42 Å². The second kappa shape index (κ2) is 6.68. The van der Waals surface area contributed by atoms with E-state index in [-0.39, 0.29) is 17.5 Å². The lowest BCUT2D eigenvalue weighted by atomic mass is 10.0. The van der Waals surface area contributed by atoms with Crippen molar-refractivity contribution in [3.05, 3.63) is 34.9 Å². The Hall–Kier alpha value is -2.17. The largest absolute Gasteiger partial charge is 0.478 e. The van der Waals surface area contributed by atoms with E-state index in [1.54, 1.807) is 0 Å². The number of carboxylic acids is 1. The first kappa shape index (κ1) is 14.9. The van der Waals surface area contributed by atoms with Crippen molar-refractivity contribution in [2.45, 2.75) is 33.1 Å². The van der Waals surface area contributed by atoms with Crippen molar-refractivity contribution in [3.63, 3.8) is 0 Å². The van der Waals surface area contributed by atoms with Gasteiger partial charge in [-0.3, -0.25) is 4.79 Å². The summed E-state index contributed by atoms with van der Waals surface area (Å²) in [6.07, 6.45) is 1.66. The summed E-state index contributed by atoms with van der Waals surface area (Å²) in [5, 5.41) is 8.95. The highest BCUT2D eigenvalue weighted by Gasteiger charge is 2.18. The van der Waals surface area contributed by atoms with E-state index >= 15 is 0 Å². The number of carboxylic acid groups (broad SMARTS) is 1. The Bertz CT molecular complexity index is 505. The Morgan fingerprint density at radius 3 is 2.42 bits per heavy atom. The standard InChI is InChI=1S/C14H16O5/c1-3-4-8-12(15)19-14(18)11-7-5-6-10(9(11)2)13(16)17/h5-7H,3-4,8H2,1-2H3,(H,16,17). The van der Waals surface area contributed by atoms with E-state index in [1.807, 2.05) is 6.92 Å². The third-order valence-electron chi connectivity index (χ3n) is 2.73. The van der Waals surface area contributed by atoms with Crippen LogP contribution in [0, 0.1) is 6.92 Å².